The van der Waals surface area contributed by atoms with Gasteiger partial charge in [0.2, 0.25) is 0 Å². The van der Waals surface area contributed by atoms with Gasteiger partial charge in [-0.05, 0) is 373 Å². The molecule has 0 heterocycles. The predicted molar refractivity (Wildman–Crippen MR) is 508 cm³/mol. The van der Waals surface area contributed by atoms with Gasteiger partial charge in [0.15, 0.2) is 0 Å². The highest BCUT2D eigenvalue weighted by Gasteiger charge is 2.53. The molecule has 15 aliphatic carbocycles. The fourth-order valence-electron chi connectivity index (χ4n) is 23.2. The molecule has 0 aliphatic heterocycles. The number of unbranched alkanes of at least 4 members (excludes halogenated alkanes) is 15. The van der Waals surface area contributed by atoms with Crippen LogP contribution in [-0.2, 0) is 0 Å². The van der Waals surface area contributed by atoms with Gasteiger partial charge in [-0.15, -0.1) is 0 Å². The summed E-state index contributed by atoms with van der Waals surface area (Å²) >= 11 is 25.7. The Morgan fingerprint density at radius 2 is 0.292 bits per heavy atom. The van der Waals surface area contributed by atoms with E-state index in [1.807, 2.05) is 121 Å². The Morgan fingerprint density at radius 3 is 0.408 bits per heavy atom. The number of ether oxygens (including phenoxy) is 5. The molecule has 15 aliphatic rings. The lowest BCUT2D eigenvalue weighted by Gasteiger charge is -2.53. The summed E-state index contributed by atoms with van der Waals surface area (Å²) in [6, 6.07) is 39.8. The standard InChI is InChI=1S/5C21H31OS.5FH/c5*1-2-3-4-5-10-20-11-14-21(15-12-20,16-13-20)17-22-18-6-8-19(23)9-7-18;;;;;/h5*6-9H,2-5,10-17H2,1H3;5*1H. The van der Waals surface area contributed by atoms with Gasteiger partial charge < -0.3 is 23.7 Å². The Labute approximate surface area is 754 Å². The summed E-state index contributed by atoms with van der Waals surface area (Å²) in [5.74, 6) is 4.91. The van der Waals surface area contributed by atoms with Crippen LogP contribution in [0.3, 0.4) is 0 Å². The molecular formula is C105H160F5O5S5. The molecule has 5 radical (unpaired) electrons. The molecule has 20 rings (SSSR count). The van der Waals surface area contributed by atoms with Crippen LogP contribution < -0.4 is 23.7 Å². The largest absolute Gasteiger partial charge is 0.493 e. The SMILES string of the molecule is CCCCCCC12CCC(COc3ccc([S])cc3)(CC1)CC2.CCCCCCC12CCC(COc3ccc([S])cc3)(CC1)CC2.CCCCCCC12CCC(COc3ccc([S])cc3)(CC1)CC2.CCCCCCC12CCC(COc3ccc([S])cc3)(CC1)CC2.CCCCCCC12CCC(COc3ccc([S])cc3)(CC1)CC2.F.F.F.F.F. The molecule has 0 saturated heterocycles. The van der Waals surface area contributed by atoms with Crippen molar-refractivity contribution in [2.24, 2.45) is 54.1 Å². The van der Waals surface area contributed by atoms with Crippen LogP contribution in [0.4, 0.5) is 23.5 Å². The monoisotopic (exact) mass is 1760 g/mol. The van der Waals surface area contributed by atoms with Crippen LogP contribution in [0.2, 0.25) is 0 Å². The van der Waals surface area contributed by atoms with E-state index in [2.05, 4.69) is 34.6 Å². The van der Waals surface area contributed by atoms with E-state index in [-0.39, 0.29) is 23.5 Å². The van der Waals surface area contributed by atoms with E-state index in [9.17, 15) is 0 Å². The van der Waals surface area contributed by atoms with Gasteiger partial charge in [0, 0.05) is 51.6 Å². The molecule has 120 heavy (non-hydrogen) atoms. The summed E-state index contributed by atoms with van der Waals surface area (Å²) in [4.78, 5) is 4.44. The number of hydrogen-bond donors (Lipinski definition) is 0. The molecule has 5 aromatic rings. The zero-order valence-electron chi connectivity index (χ0n) is 75.1. The first-order valence-electron chi connectivity index (χ1n) is 47.8. The fourth-order valence-corrected chi connectivity index (χ4v) is 23.8. The third kappa shape index (κ3) is 31.1. The van der Waals surface area contributed by atoms with Crippen LogP contribution in [0.1, 0.15) is 388 Å². The van der Waals surface area contributed by atoms with Crippen molar-refractivity contribution in [2.45, 2.75) is 412 Å². The number of rotatable bonds is 40. The molecule has 675 valence electrons. The van der Waals surface area contributed by atoms with Crippen molar-refractivity contribution in [3.63, 3.8) is 0 Å². The van der Waals surface area contributed by atoms with E-state index in [0.29, 0.717) is 54.1 Å². The Kier molecular flexibility index (Phi) is 44.5. The Bertz CT molecular complexity index is 2920. The maximum Gasteiger partial charge on any atom is 0.119 e. The molecule has 5 aromatic carbocycles. The molecule has 0 spiro atoms. The fraction of sp³-hybridized carbons (Fsp3) is 0.714. The van der Waals surface area contributed by atoms with Crippen LogP contribution in [0.15, 0.2) is 146 Å². The number of hydrogen-bond acceptors (Lipinski definition) is 5. The maximum absolute atomic E-state index is 6.12. The van der Waals surface area contributed by atoms with Crippen molar-refractivity contribution < 1.29 is 47.2 Å². The molecule has 0 unspecified atom stereocenters. The minimum Gasteiger partial charge on any atom is -0.493 e. The van der Waals surface area contributed by atoms with E-state index in [0.717, 1.165) is 86.3 Å². The van der Waals surface area contributed by atoms with Crippen molar-refractivity contribution in [3.8, 4) is 28.7 Å². The van der Waals surface area contributed by atoms with Crippen LogP contribution in [0, 0.1) is 54.1 Å². The van der Waals surface area contributed by atoms with E-state index >= 15 is 0 Å². The second kappa shape index (κ2) is 51.0. The van der Waals surface area contributed by atoms with Crippen LogP contribution in [0.5, 0.6) is 28.7 Å². The quantitative estimate of drug-likeness (QED) is 0.0289. The normalized spacial score (nSPS) is 28.4. The molecule has 15 fully saturated rings. The Hall–Kier alpha value is -4.15. The van der Waals surface area contributed by atoms with Gasteiger partial charge in [-0.2, -0.15) is 0 Å². The molecule has 5 nitrogen and oxygen atoms in total. The van der Waals surface area contributed by atoms with Gasteiger partial charge in [0.05, 0.1) is 33.0 Å². The predicted octanol–water partition coefficient (Wildman–Crippen LogP) is 35.4. The van der Waals surface area contributed by atoms with Crippen LogP contribution in [-0.4, -0.2) is 33.0 Å². The topological polar surface area (TPSA) is 46.2 Å². The maximum atomic E-state index is 6.12. The highest BCUT2D eigenvalue weighted by molar-refractivity contribution is 7.81. The molecule has 15 saturated carbocycles. The summed E-state index contributed by atoms with van der Waals surface area (Å²) in [6.45, 7) is 16.0. The van der Waals surface area contributed by atoms with E-state index < -0.39 is 0 Å². The Morgan fingerprint density at radius 1 is 0.175 bits per heavy atom. The molecule has 0 N–H and O–H groups in total. The van der Waals surface area contributed by atoms with Crippen LogP contribution in [0.25, 0.3) is 0 Å². The third-order valence-corrected chi connectivity index (χ3v) is 33.8. The second-order valence-corrected chi connectivity index (χ2v) is 42.7. The van der Waals surface area contributed by atoms with Gasteiger partial charge in [0.1, 0.15) is 28.7 Å². The smallest absolute Gasteiger partial charge is 0.119 e. The zero-order chi connectivity index (χ0) is 80.9. The van der Waals surface area contributed by atoms with Gasteiger partial charge in [-0.3, -0.25) is 23.5 Å². The van der Waals surface area contributed by atoms with Gasteiger partial charge >= 0.3 is 0 Å². The Balaban J connectivity index is 0.000000230. The first-order valence-corrected chi connectivity index (χ1v) is 49.8. The third-order valence-electron chi connectivity index (χ3n) is 32.4. The minimum atomic E-state index is 0. The van der Waals surface area contributed by atoms with Crippen molar-refractivity contribution in [1.29, 1.82) is 0 Å². The number of halogens is 5. The molecule has 0 aromatic heterocycles. The highest BCUT2D eigenvalue weighted by Crippen LogP contribution is 2.64. The van der Waals surface area contributed by atoms with Gasteiger partial charge in [-0.1, -0.05) is 226 Å². The van der Waals surface area contributed by atoms with Gasteiger partial charge in [-0.25, -0.2) is 0 Å². The van der Waals surface area contributed by atoms with E-state index in [1.165, 1.54) is 353 Å². The summed E-state index contributed by atoms with van der Waals surface area (Å²) < 4.78 is 30.6. The van der Waals surface area contributed by atoms with Gasteiger partial charge in [0.25, 0.3) is 0 Å². The summed E-state index contributed by atoms with van der Waals surface area (Å²) in [5.41, 5.74) is 5.75. The lowest BCUT2D eigenvalue weighted by atomic mass is 9.53. The van der Waals surface area contributed by atoms with Crippen LogP contribution >= 0.6 is 63.1 Å². The number of fused-ring (bicyclic) bond motifs is 15. The van der Waals surface area contributed by atoms with Crippen molar-refractivity contribution >= 4 is 63.1 Å². The molecule has 15 heteroatoms. The average Bonchev–Trinajstić information content (AvgIpc) is 0.790. The number of benzene rings is 5. The van der Waals surface area contributed by atoms with E-state index in [4.69, 9.17) is 86.8 Å². The lowest BCUT2D eigenvalue weighted by molar-refractivity contribution is -0.0409. The lowest BCUT2D eigenvalue weighted by Crippen LogP contribution is -2.44. The van der Waals surface area contributed by atoms with Crippen molar-refractivity contribution in [3.05, 3.63) is 121 Å². The second-order valence-electron chi connectivity index (χ2n) is 40.4. The molecule has 0 amide bonds. The average molecular weight is 1760 g/mol. The first kappa shape index (κ1) is 105. The minimum absolute atomic E-state index is 0. The summed E-state index contributed by atoms with van der Waals surface area (Å²) in [6.07, 6.45) is 77.8. The highest BCUT2D eigenvalue weighted by atomic mass is 32.1. The molecule has 0 atom stereocenters. The van der Waals surface area contributed by atoms with E-state index in [1.54, 1.807) is 0 Å². The van der Waals surface area contributed by atoms with Crippen molar-refractivity contribution in [2.75, 3.05) is 33.0 Å². The zero-order valence-corrected chi connectivity index (χ0v) is 79.2. The summed E-state index contributed by atoms with van der Waals surface area (Å²) in [7, 11) is 0. The summed E-state index contributed by atoms with van der Waals surface area (Å²) in [5, 5.41) is 0. The first-order chi connectivity index (χ1) is 55.8. The molecular weight excluding hydrogens is 1600 g/mol. The molecule has 10 bridgehead atoms. The van der Waals surface area contributed by atoms with Crippen molar-refractivity contribution in [1.82, 2.24) is 0 Å².